The first-order valence-corrected chi connectivity index (χ1v) is 8.84. The minimum atomic E-state index is -0.333. The predicted molar refractivity (Wildman–Crippen MR) is 93.1 cm³/mol. The van der Waals surface area contributed by atoms with Gasteiger partial charge in [0.2, 0.25) is 5.91 Å². The first-order valence-electron chi connectivity index (χ1n) is 7.58. The molecule has 1 heterocycles. The summed E-state index contributed by atoms with van der Waals surface area (Å²) >= 11 is 7.38. The normalized spacial score (nSPS) is 14.9. The first-order chi connectivity index (χ1) is 11.5. The summed E-state index contributed by atoms with van der Waals surface area (Å²) in [6.45, 7) is 3.76. The number of nitrogens with one attached hydrogen (secondary N) is 1. The molecule has 0 unspecified atom stereocenters. The van der Waals surface area contributed by atoms with Gasteiger partial charge in [-0.15, -0.1) is 10.2 Å². The molecule has 1 aromatic carbocycles. The standard InChI is InChI=1S/C16H16ClN5OS/c1-9(24-16-21-20-10(2)22(16)13-5-6-13)15(23)19-12-4-3-11(8-18)14(17)7-12/h3-4,7,9,13H,5-6H2,1-2H3,(H,19,23)/t9-/m0/s1. The Hall–Kier alpha value is -2.04. The highest BCUT2D eigenvalue weighted by atomic mass is 35.5. The van der Waals surface area contributed by atoms with Gasteiger partial charge in [-0.05, 0) is 44.9 Å². The number of nitriles is 1. The van der Waals surface area contributed by atoms with Gasteiger partial charge < -0.3 is 9.88 Å². The molecule has 1 atom stereocenters. The van der Waals surface area contributed by atoms with Crippen LogP contribution in [0.2, 0.25) is 5.02 Å². The van der Waals surface area contributed by atoms with Crippen molar-refractivity contribution in [1.82, 2.24) is 14.8 Å². The molecular weight excluding hydrogens is 346 g/mol. The molecule has 0 saturated heterocycles. The number of carbonyl (C=O) groups is 1. The molecule has 1 fully saturated rings. The van der Waals surface area contributed by atoms with Crippen LogP contribution < -0.4 is 5.32 Å². The number of amides is 1. The second-order valence-electron chi connectivity index (χ2n) is 5.69. The Morgan fingerprint density at radius 2 is 2.25 bits per heavy atom. The molecule has 0 radical (unpaired) electrons. The summed E-state index contributed by atoms with van der Waals surface area (Å²) < 4.78 is 2.10. The van der Waals surface area contributed by atoms with Crippen molar-refractivity contribution in [3.8, 4) is 6.07 Å². The lowest BCUT2D eigenvalue weighted by molar-refractivity contribution is -0.115. The van der Waals surface area contributed by atoms with Crippen LogP contribution in [0.25, 0.3) is 0 Å². The van der Waals surface area contributed by atoms with Crippen LogP contribution >= 0.6 is 23.4 Å². The SMILES string of the molecule is Cc1nnc(S[C@@H](C)C(=O)Nc2ccc(C#N)c(Cl)c2)n1C1CC1. The molecule has 2 aromatic rings. The molecule has 3 rings (SSSR count). The van der Waals surface area contributed by atoms with Gasteiger partial charge in [0.05, 0.1) is 15.8 Å². The van der Waals surface area contributed by atoms with E-state index in [0.717, 1.165) is 23.8 Å². The topological polar surface area (TPSA) is 83.6 Å². The third-order valence-corrected chi connectivity index (χ3v) is 5.13. The van der Waals surface area contributed by atoms with Crippen molar-refractivity contribution in [3.05, 3.63) is 34.6 Å². The van der Waals surface area contributed by atoms with Crippen molar-refractivity contribution in [2.24, 2.45) is 0 Å². The average molecular weight is 362 g/mol. The average Bonchev–Trinajstić information content (AvgIpc) is 3.31. The van der Waals surface area contributed by atoms with Crippen LogP contribution in [0.3, 0.4) is 0 Å². The number of aromatic nitrogens is 3. The summed E-state index contributed by atoms with van der Waals surface area (Å²) in [7, 11) is 0. The highest BCUT2D eigenvalue weighted by Gasteiger charge is 2.29. The van der Waals surface area contributed by atoms with Gasteiger partial charge in [-0.3, -0.25) is 4.79 Å². The summed E-state index contributed by atoms with van der Waals surface area (Å²) in [6.07, 6.45) is 2.27. The Balaban J connectivity index is 1.67. The zero-order valence-electron chi connectivity index (χ0n) is 13.3. The fourth-order valence-electron chi connectivity index (χ4n) is 2.32. The molecule has 0 aliphatic heterocycles. The highest BCUT2D eigenvalue weighted by Crippen LogP contribution is 2.39. The summed E-state index contributed by atoms with van der Waals surface area (Å²) in [5.74, 6) is 0.732. The minimum Gasteiger partial charge on any atom is -0.325 e. The van der Waals surface area contributed by atoms with Crippen molar-refractivity contribution >= 4 is 35.0 Å². The van der Waals surface area contributed by atoms with Crippen molar-refractivity contribution in [2.45, 2.75) is 43.1 Å². The van der Waals surface area contributed by atoms with E-state index in [0.29, 0.717) is 22.3 Å². The second kappa shape index (κ2) is 6.83. The maximum Gasteiger partial charge on any atom is 0.237 e. The van der Waals surface area contributed by atoms with Gasteiger partial charge in [-0.1, -0.05) is 23.4 Å². The molecule has 1 N–H and O–H groups in total. The molecule has 1 aromatic heterocycles. The number of nitrogens with zero attached hydrogens (tertiary/aromatic N) is 4. The van der Waals surface area contributed by atoms with Gasteiger partial charge in [0, 0.05) is 11.7 Å². The number of hydrogen-bond donors (Lipinski definition) is 1. The van der Waals surface area contributed by atoms with E-state index in [-0.39, 0.29) is 11.2 Å². The highest BCUT2D eigenvalue weighted by molar-refractivity contribution is 8.00. The Kier molecular flexibility index (Phi) is 4.78. The number of aryl methyl sites for hydroxylation is 1. The lowest BCUT2D eigenvalue weighted by Gasteiger charge is -2.13. The molecule has 0 spiro atoms. The van der Waals surface area contributed by atoms with E-state index < -0.39 is 0 Å². The van der Waals surface area contributed by atoms with Crippen molar-refractivity contribution in [1.29, 1.82) is 5.26 Å². The number of anilines is 1. The molecule has 124 valence electrons. The number of halogens is 1. The number of thioether (sulfide) groups is 1. The van der Waals surface area contributed by atoms with Crippen LogP contribution in [0.15, 0.2) is 23.4 Å². The third-order valence-electron chi connectivity index (χ3n) is 3.76. The van der Waals surface area contributed by atoms with Gasteiger partial charge in [0.15, 0.2) is 5.16 Å². The number of rotatable bonds is 5. The quantitative estimate of drug-likeness (QED) is 0.823. The van der Waals surface area contributed by atoms with Crippen LogP contribution in [0.5, 0.6) is 0 Å². The van der Waals surface area contributed by atoms with Gasteiger partial charge in [0.1, 0.15) is 11.9 Å². The van der Waals surface area contributed by atoms with Gasteiger partial charge in [-0.25, -0.2) is 0 Å². The van der Waals surface area contributed by atoms with Crippen LogP contribution in [-0.4, -0.2) is 25.9 Å². The second-order valence-corrected chi connectivity index (χ2v) is 7.40. The first kappa shape index (κ1) is 16.8. The zero-order chi connectivity index (χ0) is 17.3. The largest absolute Gasteiger partial charge is 0.325 e. The van der Waals surface area contributed by atoms with Crippen molar-refractivity contribution in [3.63, 3.8) is 0 Å². The van der Waals surface area contributed by atoms with Gasteiger partial charge >= 0.3 is 0 Å². The van der Waals surface area contributed by atoms with E-state index in [1.807, 2.05) is 19.9 Å². The monoisotopic (exact) mass is 361 g/mol. The number of benzene rings is 1. The molecule has 6 nitrogen and oxygen atoms in total. The number of hydrogen-bond acceptors (Lipinski definition) is 5. The molecule has 1 aliphatic rings. The van der Waals surface area contributed by atoms with E-state index in [4.69, 9.17) is 16.9 Å². The maximum atomic E-state index is 12.4. The van der Waals surface area contributed by atoms with Crippen LogP contribution in [-0.2, 0) is 4.79 Å². The van der Waals surface area contributed by atoms with E-state index in [1.165, 1.54) is 11.8 Å². The lowest BCUT2D eigenvalue weighted by Crippen LogP contribution is -2.23. The van der Waals surface area contributed by atoms with Crippen LogP contribution in [0.4, 0.5) is 5.69 Å². The minimum absolute atomic E-state index is 0.149. The summed E-state index contributed by atoms with van der Waals surface area (Å²) in [4.78, 5) is 12.4. The van der Waals surface area contributed by atoms with Crippen molar-refractivity contribution in [2.75, 3.05) is 5.32 Å². The molecule has 1 amide bonds. The Bertz CT molecular complexity index is 824. The van der Waals surface area contributed by atoms with Crippen LogP contribution in [0, 0.1) is 18.3 Å². The number of carbonyl (C=O) groups excluding carboxylic acids is 1. The lowest BCUT2D eigenvalue weighted by atomic mass is 10.2. The molecule has 1 aliphatic carbocycles. The summed E-state index contributed by atoms with van der Waals surface area (Å²) in [6, 6.07) is 7.28. The van der Waals surface area contributed by atoms with Gasteiger partial charge in [-0.2, -0.15) is 5.26 Å². The molecule has 1 saturated carbocycles. The third kappa shape index (κ3) is 3.55. The van der Waals surface area contributed by atoms with Crippen molar-refractivity contribution < 1.29 is 4.79 Å². The van der Waals surface area contributed by atoms with E-state index in [9.17, 15) is 4.79 Å². The summed E-state index contributed by atoms with van der Waals surface area (Å²) in [5.41, 5.74) is 0.946. The molecule has 0 bridgehead atoms. The molecule has 24 heavy (non-hydrogen) atoms. The Morgan fingerprint density at radius 3 is 2.88 bits per heavy atom. The molecular formula is C16H16ClN5OS. The molecule has 8 heteroatoms. The fraction of sp³-hybridized carbons (Fsp3) is 0.375. The fourth-order valence-corrected chi connectivity index (χ4v) is 3.51. The smallest absolute Gasteiger partial charge is 0.237 e. The Labute approximate surface area is 149 Å². The van der Waals surface area contributed by atoms with E-state index in [2.05, 4.69) is 20.1 Å². The van der Waals surface area contributed by atoms with E-state index >= 15 is 0 Å². The van der Waals surface area contributed by atoms with E-state index in [1.54, 1.807) is 18.2 Å². The maximum absolute atomic E-state index is 12.4. The van der Waals surface area contributed by atoms with Crippen LogP contribution in [0.1, 0.15) is 37.2 Å². The Morgan fingerprint density at radius 1 is 1.50 bits per heavy atom. The zero-order valence-corrected chi connectivity index (χ0v) is 14.9. The summed E-state index contributed by atoms with van der Waals surface area (Å²) in [5, 5.41) is 20.8. The predicted octanol–water partition coefficient (Wildman–Crippen LogP) is 3.57. The van der Waals surface area contributed by atoms with Gasteiger partial charge in [0.25, 0.3) is 0 Å².